The molecular formula is C33H64N4O5. The minimum Gasteiger partial charge on any atom is -0.630 e. The highest BCUT2D eigenvalue weighted by Crippen LogP contribution is 2.35. The number of aryl methyl sites for hydroxylation is 1. The first-order valence-corrected chi connectivity index (χ1v) is 17.2. The second-order valence-corrected chi connectivity index (χ2v) is 12.9. The monoisotopic (exact) mass is 596 g/mol. The van der Waals surface area contributed by atoms with Gasteiger partial charge in [-0.1, -0.05) is 59.8 Å². The van der Waals surface area contributed by atoms with Crippen LogP contribution in [0.2, 0.25) is 0 Å². The highest BCUT2D eigenvalue weighted by atomic mass is 16.6. The standard InChI is InChI=1S/C33H64N4O5/c1-7-28(17-13-15-20-35-21-22-37(41,12-6)32(35)40)25-29(8-2)18-24-42-23-16-14-19-33(9-3,10-4)27-36-30(38)26-34(11-5)31(36)39/h26,28-29,32,38,40H,7-25,27H2,1-6H3. The van der Waals surface area contributed by atoms with Crippen molar-refractivity contribution in [1.29, 1.82) is 0 Å². The summed E-state index contributed by atoms with van der Waals surface area (Å²) >= 11 is 0. The van der Waals surface area contributed by atoms with Crippen LogP contribution in [0.5, 0.6) is 5.88 Å². The van der Waals surface area contributed by atoms with Crippen molar-refractivity contribution in [3.63, 3.8) is 0 Å². The molecule has 9 heteroatoms. The SMILES string of the molecule is CCC(CCCCN1CC[N+]([O-])(CC)C1O)CC(CC)CCOCCCCC(CC)(CC)Cn1c(O)cn(CC)c1=O. The van der Waals surface area contributed by atoms with Crippen molar-refractivity contribution in [3.05, 3.63) is 21.9 Å². The average molecular weight is 597 g/mol. The zero-order chi connectivity index (χ0) is 31.2. The Hall–Kier alpha value is -1.39. The Bertz CT molecular complexity index is 930. The summed E-state index contributed by atoms with van der Waals surface area (Å²) in [6.07, 6.45) is 13.9. The number of nitrogens with zero attached hydrogens (tertiary/aromatic N) is 4. The smallest absolute Gasteiger partial charge is 0.331 e. The van der Waals surface area contributed by atoms with E-state index in [1.165, 1.54) is 25.7 Å². The van der Waals surface area contributed by atoms with Crippen LogP contribution < -0.4 is 5.69 Å². The number of hydrogen-bond acceptors (Lipinski definition) is 6. The highest BCUT2D eigenvalue weighted by Gasteiger charge is 2.38. The zero-order valence-electron chi connectivity index (χ0n) is 27.9. The second kappa shape index (κ2) is 18.4. The maximum absolute atomic E-state index is 12.6. The van der Waals surface area contributed by atoms with Crippen LogP contribution in [0.3, 0.4) is 0 Å². The molecule has 1 aromatic rings. The number of quaternary nitrogens is 1. The van der Waals surface area contributed by atoms with Crippen LogP contribution in [0.25, 0.3) is 0 Å². The van der Waals surface area contributed by atoms with Crippen LogP contribution in [0.15, 0.2) is 11.0 Å². The van der Waals surface area contributed by atoms with Crippen LogP contribution in [-0.2, 0) is 17.8 Å². The van der Waals surface area contributed by atoms with Gasteiger partial charge in [-0.3, -0.25) is 9.13 Å². The first-order valence-electron chi connectivity index (χ1n) is 17.2. The summed E-state index contributed by atoms with van der Waals surface area (Å²) in [5.41, 5.74) is -0.113. The molecule has 0 aliphatic carbocycles. The van der Waals surface area contributed by atoms with Gasteiger partial charge in [0.25, 0.3) is 6.35 Å². The van der Waals surface area contributed by atoms with Gasteiger partial charge in [0.2, 0.25) is 5.88 Å². The van der Waals surface area contributed by atoms with E-state index in [0.717, 1.165) is 77.0 Å². The maximum Gasteiger partial charge on any atom is 0.331 e. The maximum atomic E-state index is 12.6. The lowest BCUT2D eigenvalue weighted by molar-refractivity contribution is -0.919. The topological polar surface area (TPSA) is 103 Å². The Balaban J connectivity index is 1.65. The van der Waals surface area contributed by atoms with Gasteiger partial charge < -0.3 is 24.8 Å². The van der Waals surface area contributed by atoms with E-state index < -0.39 is 11.0 Å². The molecule has 1 aliphatic heterocycles. The number of aromatic hydroxyl groups is 1. The number of hydroxylamine groups is 3. The number of imidazole rings is 1. The molecule has 0 aromatic carbocycles. The van der Waals surface area contributed by atoms with E-state index in [4.69, 9.17) is 4.74 Å². The minimum atomic E-state index is -0.887. The number of hydrogen-bond donors (Lipinski definition) is 2. The molecule has 0 spiro atoms. The van der Waals surface area contributed by atoms with Crippen LogP contribution in [-0.4, -0.2) is 74.6 Å². The lowest BCUT2D eigenvalue weighted by Gasteiger charge is -2.40. The molecule has 0 radical (unpaired) electrons. The summed E-state index contributed by atoms with van der Waals surface area (Å²) in [5.74, 6) is 1.48. The number of aliphatic hydroxyl groups excluding tert-OH is 1. The number of ether oxygens (including phenoxy) is 1. The normalized spacial score (nSPS) is 21.3. The summed E-state index contributed by atoms with van der Waals surface area (Å²) < 4.78 is 8.70. The van der Waals surface area contributed by atoms with Gasteiger partial charge >= 0.3 is 5.69 Å². The predicted molar refractivity (Wildman–Crippen MR) is 171 cm³/mol. The van der Waals surface area contributed by atoms with Crippen LogP contribution in [0.1, 0.15) is 119 Å². The minimum absolute atomic E-state index is 0.00728. The fourth-order valence-electron chi connectivity index (χ4n) is 6.76. The third kappa shape index (κ3) is 10.4. The molecule has 0 amide bonds. The summed E-state index contributed by atoms with van der Waals surface area (Å²) in [4.78, 5) is 14.6. The van der Waals surface area contributed by atoms with Crippen LogP contribution >= 0.6 is 0 Å². The molecule has 9 nitrogen and oxygen atoms in total. The molecule has 1 fully saturated rings. The number of likely N-dealkylation sites (N-methyl/N-ethyl adjacent to an activating group) is 1. The molecule has 1 aliphatic rings. The summed E-state index contributed by atoms with van der Waals surface area (Å²) in [6, 6.07) is 0. The molecule has 2 heterocycles. The number of aliphatic hydroxyl groups is 1. The fourth-order valence-corrected chi connectivity index (χ4v) is 6.76. The van der Waals surface area contributed by atoms with Crippen molar-refractivity contribution in [3.8, 4) is 5.88 Å². The summed E-state index contributed by atoms with van der Waals surface area (Å²) in [5, 5.41) is 33.2. The third-order valence-corrected chi connectivity index (χ3v) is 10.5. The molecule has 1 saturated heterocycles. The van der Waals surface area contributed by atoms with Crippen molar-refractivity contribution < 1.29 is 19.6 Å². The zero-order valence-corrected chi connectivity index (χ0v) is 27.9. The van der Waals surface area contributed by atoms with Crippen LogP contribution in [0, 0.1) is 22.5 Å². The summed E-state index contributed by atoms with van der Waals surface area (Å²) in [7, 11) is 0. The first kappa shape index (κ1) is 36.8. The Kier molecular flexibility index (Phi) is 16.1. The Morgan fingerprint density at radius 3 is 2.29 bits per heavy atom. The second-order valence-electron chi connectivity index (χ2n) is 12.9. The van der Waals surface area contributed by atoms with Gasteiger partial charge in [0.05, 0.1) is 25.8 Å². The van der Waals surface area contributed by atoms with Gasteiger partial charge in [0.1, 0.15) is 0 Å². The van der Waals surface area contributed by atoms with Crippen molar-refractivity contribution >= 4 is 0 Å². The van der Waals surface area contributed by atoms with Gasteiger partial charge in [-0.05, 0) is 76.0 Å². The van der Waals surface area contributed by atoms with Gasteiger partial charge in [-0.25, -0.2) is 9.69 Å². The van der Waals surface area contributed by atoms with Crippen LogP contribution in [0.4, 0.5) is 0 Å². The molecule has 246 valence electrons. The molecule has 4 unspecified atom stereocenters. The molecule has 4 atom stereocenters. The van der Waals surface area contributed by atoms with E-state index in [2.05, 4.69) is 27.7 Å². The number of aromatic nitrogens is 2. The Morgan fingerprint density at radius 1 is 1.02 bits per heavy atom. The number of rotatable bonds is 23. The molecule has 0 saturated carbocycles. The molecule has 2 rings (SSSR count). The molecule has 0 bridgehead atoms. The largest absolute Gasteiger partial charge is 0.630 e. The highest BCUT2D eigenvalue weighted by molar-refractivity contribution is 5.06. The first-order chi connectivity index (χ1) is 20.1. The third-order valence-electron chi connectivity index (χ3n) is 10.5. The van der Waals surface area contributed by atoms with E-state index in [0.29, 0.717) is 38.6 Å². The quantitative estimate of drug-likeness (QED) is 0.0874. The molecule has 2 N–H and O–H groups in total. The van der Waals surface area contributed by atoms with E-state index in [1.54, 1.807) is 15.3 Å². The van der Waals surface area contributed by atoms with E-state index >= 15 is 0 Å². The predicted octanol–water partition coefficient (Wildman–Crippen LogP) is 6.30. The molecular weight excluding hydrogens is 532 g/mol. The van der Waals surface area contributed by atoms with E-state index in [-0.39, 0.29) is 17.0 Å². The molecule has 42 heavy (non-hydrogen) atoms. The van der Waals surface area contributed by atoms with Crippen molar-refractivity contribution in [2.75, 3.05) is 39.4 Å². The van der Waals surface area contributed by atoms with Gasteiger partial charge in [-0.15, -0.1) is 0 Å². The summed E-state index contributed by atoms with van der Waals surface area (Å²) in [6.45, 7) is 17.9. The number of unbranched alkanes of at least 4 members (excludes halogenated alkanes) is 2. The van der Waals surface area contributed by atoms with Crippen molar-refractivity contribution in [2.45, 2.75) is 138 Å². The van der Waals surface area contributed by atoms with Crippen molar-refractivity contribution in [1.82, 2.24) is 14.0 Å². The van der Waals surface area contributed by atoms with E-state index in [9.17, 15) is 20.2 Å². The molecule has 1 aromatic heterocycles. The van der Waals surface area contributed by atoms with Gasteiger partial charge in [-0.2, -0.15) is 0 Å². The van der Waals surface area contributed by atoms with Gasteiger partial charge in [0, 0.05) is 32.8 Å². The lowest BCUT2D eigenvalue weighted by Crippen LogP contribution is -2.50. The Labute approximate surface area is 256 Å². The van der Waals surface area contributed by atoms with E-state index in [1.807, 2.05) is 18.7 Å². The fraction of sp³-hybridized carbons (Fsp3) is 0.909. The lowest BCUT2D eigenvalue weighted by atomic mass is 9.77. The van der Waals surface area contributed by atoms with Crippen molar-refractivity contribution in [2.24, 2.45) is 17.3 Å². The van der Waals surface area contributed by atoms with Gasteiger partial charge in [0.15, 0.2) is 0 Å². The average Bonchev–Trinajstić information content (AvgIpc) is 3.45. The Morgan fingerprint density at radius 2 is 1.71 bits per heavy atom.